The van der Waals surface area contributed by atoms with E-state index >= 15 is 0 Å². The monoisotopic (exact) mass is 245 g/mol. The first kappa shape index (κ1) is 12.2. The molecule has 0 atom stereocenters. The lowest BCUT2D eigenvalue weighted by atomic mass is 10.0. The number of anilines is 1. The number of methoxy groups -OCH3 is 1. The minimum absolute atomic E-state index is 0.0474. The van der Waals surface area contributed by atoms with Gasteiger partial charge in [-0.05, 0) is 17.7 Å². The molecule has 0 fully saturated rings. The van der Waals surface area contributed by atoms with E-state index in [2.05, 4.69) is 5.10 Å². The number of aromatic nitrogens is 2. The summed E-state index contributed by atoms with van der Waals surface area (Å²) in [6, 6.07) is 7.41. The van der Waals surface area contributed by atoms with Gasteiger partial charge in [0.15, 0.2) is 5.78 Å². The van der Waals surface area contributed by atoms with Gasteiger partial charge < -0.3 is 10.5 Å². The fourth-order valence-corrected chi connectivity index (χ4v) is 1.72. The molecule has 2 rings (SSSR count). The predicted octanol–water partition coefficient (Wildman–Crippen LogP) is 1.44. The average Bonchev–Trinajstić information content (AvgIpc) is 2.70. The summed E-state index contributed by atoms with van der Waals surface area (Å²) in [7, 11) is 3.30. The molecule has 0 spiro atoms. The zero-order valence-electron chi connectivity index (χ0n) is 10.4. The lowest BCUT2D eigenvalue weighted by molar-refractivity contribution is 0.0994. The van der Waals surface area contributed by atoms with Gasteiger partial charge in [-0.15, -0.1) is 0 Å². The van der Waals surface area contributed by atoms with Crippen molar-refractivity contribution in [3.05, 3.63) is 41.6 Å². The smallest absolute Gasteiger partial charge is 0.172 e. The molecule has 0 saturated carbocycles. The first-order valence-electron chi connectivity index (χ1n) is 5.55. The predicted molar refractivity (Wildman–Crippen MR) is 68.6 cm³/mol. The van der Waals surface area contributed by atoms with Gasteiger partial charge >= 0.3 is 0 Å². The summed E-state index contributed by atoms with van der Waals surface area (Å²) in [5.41, 5.74) is 7.12. The third-order valence-corrected chi connectivity index (χ3v) is 2.78. The van der Waals surface area contributed by atoms with Crippen LogP contribution in [0, 0.1) is 0 Å². The van der Waals surface area contributed by atoms with E-state index in [1.807, 2.05) is 24.3 Å². The fourth-order valence-electron chi connectivity index (χ4n) is 1.72. The summed E-state index contributed by atoms with van der Waals surface area (Å²) in [6.45, 7) is 0. The van der Waals surface area contributed by atoms with Crippen LogP contribution in [0.15, 0.2) is 30.5 Å². The van der Waals surface area contributed by atoms with Gasteiger partial charge in [0.25, 0.3) is 0 Å². The Morgan fingerprint density at radius 3 is 2.89 bits per heavy atom. The molecule has 0 bridgehead atoms. The standard InChI is InChI=1S/C13H15N3O2/c1-16-13(14)11(8-15-16)12(17)7-9-4-3-5-10(6-9)18-2/h3-6,8H,7,14H2,1-2H3. The number of nitrogens with two attached hydrogens (primary N) is 1. The van der Waals surface area contributed by atoms with Crippen LogP contribution in [0.5, 0.6) is 5.75 Å². The van der Waals surface area contributed by atoms with E-state index in [4.69, 9.17) is 10.5 Å². The summed E-state index contributed by atoms with van der Waals surface area (Å²) in [4.78, 5) is 12.1. The number of hydrogen-bond donors (Lipinski definition) is 1. The Labute approximate surface area is 105 Å². The molecule has 94 valence electrons. The quantitative estimate of drug-likeness (QED) is 0.827. The topological polar surface area (TPSA) is 70.1 Å². The van der Waals surface area contributed by atoms with Crippen molar-refractivity contribution in [2.24, 2.45) is 7.05 Å². The van der Waals surface area contributed by atoms with Gasteiger partial charge in [0.1, 0.15) is 11.6 Å². The van der Waals surface area contributed by atoms with Crippen molar-refractivity contribution in [1.29, 1.82) is 0 Å². The van der Waals surface area contributed by atoms with Gasteiger partial charge in [-0.2, -0.15) is 5.10 Å². The summed E-state index contributed by atoms with van der Waals surface area (Å²) < 4.78 is 6.60. The van der Waals surface area contributed by atoms with Crippen molar-refractivity contribution < 1.29 is 9.53 Å². The zero-order valence-corrected chi connectivity index (χ0v) is 10.4. The molecule has 0 aliphatic rings. The Morgan fingerprint density at radius 1 is 1.50 bits per heavy atom. The van der Waals surface area contributed by atoms with Gasteiger partial charge in [0, 0.05) is 13.5 Å². The summed E-state index contributed by atoms with van der Waals surface area (Å²) in [5, 5.41) is 3.96. The van der Waals surface area contributed by atoms with Crippen LogP contribution in [0.1, 0.15) is 15.9 Å². The maximum Gasteiger partial charge on any atom is 0.172 e. The maximum absolute atomic E-state index is 12.1. The van der Waals surface area contributed by atoms with E-state index in [-0.39, 0.29) is 12.2 Å². The third-order valence-electron chi connectivity index (χ3n) is 2.78. The summed E-state index contributed by atoms with van der Waals surface area (Å²) in [5.74, 6) is 1.08. The molecule has 0 saturated heterocycles. The zero-order chi connectivity index (χ0) is 13.1. The van der Waals surface area contributed by atoms with Crippen molar-refractivity contribution in [2.75, 3.05) is 12.8 Å². The van der Waals surface area contributed by atoms with E-state index in [1.165, 1.54) is 10.9 Å². The van der Waals surface area contributed by atoms with Crippen LogP contribution in [-0.4, -0.2) is 22.7 Å². The minimum atomic E-state index is -0.0474. The second-order valence-electron chi connectivity index (χ2n) is 4.02. The Morgan fingerprint density at radius 2 is 2.28 bits per heavy atom. The van der Waals surface area contributed by atoms with Crippen LogP contribution in [0.2, 0.25) is 0 Å². The van der Waals surface area contributed by atoms with Crippen molar-refractivity contribution in [3.63, 3.8) is 0 Å². The molecule has 5 heteroatoms. The third kappa shape index (κ3) is 2.34. The van der Waals surface area contributed by atoms with Gasteiger partial charge in [-0.25, -0.2) is 0 Å². The van der Waals surface area contributed by atoms with Gasteiger partial charge in [-0.1, -0.05) is 12.1 Å². The highest BCUT2D eigenvalue weighted by atomic mass is 16.5. The largest absolute Gasteiger partial charge is 0.497 e. The number of rotatable bonds is 4. The van der Waals surface area contributed by atoms with Crippen LogP contribution < -0.4 is 10.5 Å². The Kier molecular flexibility index (Phi) is 3.32. The van der Waals surface area contributed by atoms with Crippen LogP contribution in [-0.2, 0) is 13.5 Å². The number of aryl methyl sites for hydroxylation is 1. The molecular weight excluding hydrogens is 230 g/mol. The fraction of sp³-hybridized carbons (Fsp3) is 0.231. The molecule has 5 nitrogen and oxygen atoms in total. The molecule has 0 amide bonds. The van der Waals surface area contributed by atoms with Gasteiger partial charge in [0.05, 0.1) is 18.9 Å². The molecule has 1 aromatic carbocycles. The Balaban J connectivity index is 2.18. The highest BCUT2D eigenvalue weighted by Gasteiger charge is 2.14. The Bertz CT molecular complexity index is 575. The molecule has 2 N–H and O–H groups in total. The normalized spacial score (nSPS) is 10.3. The lowest BCUT2D eigenvalue weighted by Gasteiger charge is -2.04. The molecule has 0 radical (unpaired) electrons. The van der Waals surface area contributed by atoms with Crippen LogP contribution in [0.4, 0.5) is 5.82 Å². The molecule has 0 aliphatic carbocycles. The highest BCUT2D eigenvalue weighted by Crippen LogP contribution is 2.17. The van der Waals surface area contributed by atoms with Gasteiger partial charge in [0.2, 0.25) is 0 Å². The average molecular weight is 245 g/mol. The maximum atomic E-state index is 12.1. The number of nitrogens with zero attached hydrogens (tertiary/aromatic N) is 2. The SMILES string of the molecule is COc1cccc(CC(=O)c2cnn(C)c2N)c1. The Hall–Kier alpha value is -2.30. The van der Waals surface area contributed by atoms with Crippen molar-refractivity contribution in [3.8, 4) is 5.75 Å². The number of nitrogen functional groups attached to an aromatic ring is 1. The molecule has 18 heavy (non-hydrogen) atoms. The second kappa shape index (κ2) is 4.91. The van der Waals surface area contributed by atoms with E-state index in [1.54, 1.807) is 14.2 Å². The number of carbonyl (C=O) groups is 1. The first-order chi connectivity index (χ1) is 8.61. The lowest BCUT2D eigenvalue weighted by Crippen LogP contribution is -2.07. The van der Waals surface area contributed by atoms with Gasteiger partial charge in [-0.3, -0.25) is 9.48 Å². The summed E-state index contributed by atoms with van der Waals surface area (Å²) in [6.07, 6.45) is 1.78. The summed E-state index contributed by atoms with van der Waals surface area (Å²) >= 11 is 0. The number of Topliss-reactive ketones (excluding diaryl/α,β-unsaturated/α-hetero) is 1. The van der Waals surface area contributed by atoms with Crippen LogP contribution in [0.3, 0.4) is 0 Å². The van der Waals surface area contributed by atoms with Crippen molar-refractivity contribution in [2.45, 2.75) is 6.42 Å². The van der Waals surface area contributed by atoms with Crippen LogP contribution >= 0.6 is 0 Å². The molecule has 2 aromatic rings. The minimum Gasteiger partial charge on any atom is -0.497 e. The molecule has 0 aliphatic heterocycles. The van der Waals surface area contributed by atoms with Crippen molar-refractivity contribution in [1.82, 2.24) is 9.78 Å². The number of ether oxygens (including phenoxy) is 1. The number of carbonyl (C=O) groups excluding carboxylic acids is 1. The number of ketones is 1. The molecular formula is C13H15N3O2. The molecule has 0 unspecified atom stereocenters. The number of benzene rings is 1. The van der Waals surface area contributed by atoms with Crippen LogP contribution in [0.25, 0.3) is 0 Å². The second-order valence-corrected chi connectivity index (χ2v) is 4.02. The van der Waals surface area contributed by atoms with Crippen molar-refractivity contribution >= 4 is 11.6 Å². The molecule has 1 aromatic heterocycles. The highest BCUT2D eigenvalue weighted by molar-refractivity contribution is 6.01. The van der Waals surface area contributed by atoms with E-state index in [9.17, 15) is 4.79 Å². The molecule has 1 heterocycles. The first-order valence-corrected chi connectivity index (χ1v) is 5.55. The van der Waals surface area contributed by atoms with E-state index in [0.717, 1.165) is 11.3 Å². The van der Waals surface area contributed by atoms with E-state index < -0.39 is 0 Å². The van der Waals surface area contributed by atoms with E-state index in [0.29, 0.717) is 11.4 Å². The number of hydrogen-bond acceptors (Lipinski definition) is 4.